The Morgan fingerprint density at radius 3 is 2.41 bits per heavy atom. The predicted octanol–water partition coefficient (Wildman–Crippen LogP) is 6.32. The average molecular weight is 364 g/mol. The Bertz CT molecular complexity index is 729. The maximum absolute atomic E-state index is 6.01. The van der Waals surface area contributed by atoms with E-state index >= 15 is 0 Å². The van der Waals surface area contributed by atoms with Crippen molar-refractivity contribution in [2.24, 2.45) is 10.9 Å². The van der Waals surface area contributed by atoms with Crippen LogP contribution >= 0.6 is 0 Å². The highest BCUT2D eigenvalue weighted by atomic mass is 16.5. The second-order valence-corrected chi connectivity index (χ2v) is 7.00. The normalized spacial score (nSPS) is 15.8. The van der Waals surface area contributed by atoms with E-state index in [1.54, 1.807) is 7.11 Å². The number of aliphatic imine (C=N–C) groups is 1. The molecule has 0 atom stereocenters. The third kappa shape index (κ3) is 6.28. The first-order valence-corrected chi connectivity index (χ1v) is 9.91. The first-order chi connectivity index (χ1) is 13.3. The van der Waals surface area contributed by atoms with Gasteiger partial charge < -0.3 is 9.47 Å². The van der Waals surface area contributed by atoms with E-state index in [1.165, 1.54) is 38.5 Å². The minimum atomic E-state index is 0.538. The Balaban J connectivity index is 1.62. The summed E-state index contributed by atoms with van der Waals surface area (Å²) in [6, 6.07) is 17.7. The Labute approximate surface area is 162 Å². The molecule has 0 bridgehead atoms. The molecule has 142 valence electrons. The summed E-state index contributed by atoms with van der Waals surface area (Å²) in [6.45, 7) is 0.538. The molecule has 3 rings (SSSR count). The molecule has 0 amide bonds. The van der Waals surface area contributed by atoms with Gasteiger partial charge in [0.15, 0.2) is 0 Å². The summed E-state index contributed by atoms with van der Waals surface area (Å²) >= 11 is 0. The van der Waals surface area contributed by atoms with Gasteiger partial charge in [0.05, 0.1) is 12.8 Å². The maximum atomic E-state index is 6.01. The lowest BCUT2D eigenvalue weighted by Gasteiger charge is -2.19. The van der Waals surface area contributed by atoms with Crippen molar-refractivity contribution in [1.29, 1.82) is 0 Å². The van der Waals surface area contributed by atoms with E-state index in [4.69, 9.17) is 14.5 Å². The van der Waals surface area contributed by atoms with Gasteiger partial charge in [-0.25, -0.2) is 4.99 Å². The third-order valence-corrected chi connectivity index (χ3v) is 5.00. The lowest BCUT2D eigenvalue weighted by atomic mass is 9.87. The first kappa shape index (κ1) is 19.2. The fourth-order valence-corrected chi connectivity index (χ4v) is 3.44. The first-order valence-electron chi connectivity index (χ1n) is 9.91. The van der Waals surface area contributed by atoms with Gasteiger partial charge in [0.25, 0.3) is 0 Å². The van der Waals surface area contributed by atoms with Gasteiger partial charge >= 0.3 is 0 Å². The molecule has 27 heavy (non-hydrogen) atoms. The molecule has 1 saturated carbocycles. The predicted molar refractivity (Wildman–Crippen MR) is 112 cm³/mol. The number of rotatable bonds is 7. The maximum Gasteiger partial charge on any atom is 0.221 e. The van der Waals surface area contributed by atoms with E-state index in [0.29, 0.717) is 12.5 Å². The van der Waals surface area contributed by atoms with Crippen LogP contribution in [0.3, 0.4) is 0 Å². The molecule has 0 heterocycles. The number of hydrogen-bond acceptors (Lipinski definition) is 3. The summed E-state index contributed by atoms with van der Waals surface area (Å²) in [6.07, 6.45) is 12.5. The Morgan fingerprint density at radius 2 is 1.70 bits per heavy atom. The third-order valence-electron chi connectivity index (χ3n) is 5.00. The van der Waals surface area contributed by atoms with E-state index in [-0.39, 0.29) is 0 Å². The Hall–Kier alpha value is -2.55. The molecule has 0 radical (unpaired) electrons. The summed E-state index contributed by atoms with van der Waals surface area (Å²) < 4.78 is 11.2. The van der Waals surface area contributed by atoms with Crippen molar-refractivity contribution in [3.05, 3.63) is 72.3 Å². The zero-order valence-corrected chi connectivity index (χ0v) is 16.1. The van der Waals surface area contributed by atoms with Crippen LogP contribution in [-0.2, 0) is 4.74 Å². The topological polar surface area (TPSA) is 30.8 Å². The number of nitrogens with zero attached hydrogens (tertiary/aromatic N) is 1. The van der Waals surface area contributed by atoms with Crippen LogP contribution < -0.4 is 4.74 Å². The van der Waals surface area contributed by atoms with Crippen molar-refractivity contribution in [1.82, 2.24) is 0 Å². The minimum absolute atomic E-state index is 0.538. The summed E-state index contributed by atoms with van der Waals surface area (Å²) in [5, 5.41) is 0. The monoisotopic (exact) mass is 363 g/mol. The van der Waals surface area contributed by atoms with Crippen molar-refractivity contribution in [3.63, 3.8) is 0 Å². The fourth-order valence-electron chi connectivity index (χ4n) is 3.44. The molecule has 3 nitrogen and oxygen atoms in total. The number of allylic oxidation sites excluding steroid dienone is 1. The molecule has 1 aliphatic rings. The molecular weight excluding hydrogens is 334 g/mol. The summed E-state index contributed by atoms with van der Waals surface area (Å²) in [4.78, 5) is 4.70. The molecule has 0 aliphatic heterocycles. The molecule has 0 saturated heterocycles. The van der Waals surface area contributed by atoms with Gasteiger partial charge in [0.2, 0.25) is 5.90 Å². The smallest absolute Gasteiger partial charge is 0.221 e. The lowest BCUT2D eigenvalue weighted by molar-refractivity contribution is 0.346. The molecule has 0 aromatic heterocycles. The summed E-state index contributed by atoms with van der Waals surface area (Å²) in [5.74, 6) is 2.32. The van der Waals surface area contributed by atoms with Crippen LogP contribution in [-0.4, -0.2) is 19.6 Å². The van der Waals surface area contributed by atoms with Gasteiger partial charge in [-0.05, 0) is 48.7 Å². The largest absolute Gasteiger partial charge is 0.497 e. The van der Waals surface area contributed by atoms with Crippen molar-refractivity contribution in [2.75, 3.05) is 13.7 Å². The van der Waals surface area contributed by atoms with Gasteiger partial charge in [-0.2, -0.15) is 0 Å². The molecule has 1 aliphatic carbocycles. The molecule has 0 N–H and O–H groups in total. The van der Waals surface area contributed by atoms with Gasteiger partial charge in [-0.15, -0.1) is 0 Å². The molecule has 3 heteroatoms. The average Bonchev–Trinajstić information content (AvgIpc) is 2.74. The summed E-state index contributed by atoms with van der Waals surface area (Å²) in [7, 11) is 1.66. The van der Waals surface area contributed by atoms with E-state index < -0.39 is 0 Å². The van der Waals surface area contributed by atoms with Crippen LogP contribution in [0.2, 0.25) is 0 Å². The zero-order chi connectivity index (χ0) is 18.7. The van der Waals surface area contributed by atoms with Crippen LogP contribution in [0, 0.1) is 5.92 Å². The van der Waals surface area contributed by atoms with Crippen molar-refractivity contribution >= 4 is 11.6 Å². The fraction of sp³-hybridized carbons (Fsp3) is 0.375. The lowest BCUT2D eigenvalue weighted by Crippen LogP contribution is -2.07. The van der Waals surface area contributed by atoms with Crippen LogP contribution in [0.5, 0.6) is 5.75 Å². The number of benzene rings is 2. The second-order valence-electron chi connectivity index (χ2n) is 7.00. The van der Waals surface area contributed by atoms with Gasteiger partial charge in [-0.1, -0.05) is 62.5 Å². The number of ether oxygens (including phenoxy) is 2. The molecule has 2 aromatic rings. The second kappa shape index (κ2) is 10.6. The van der Waals surface area contributed by atoms with Crippen molar-refractivity contribution in [3.8, 4) is 5.75 Å². The molecule has 0 spiro atoms. The quantitative estimate of drug-likeness (QED) is 0.327. The minimum Gasteiger partial charge on any atom is -0.497 e. The standard InChI is InChI=1S/C24H29NO2/c1-26-23-17-15-22(16-18-23)25-24(21-13-6-3-7-14-21)27-19-9-8-12-20-10-4-2-5-11-20/h3,6-9,13-18,20H,2,4-5,10-12,19H2,1H3/b9-8-,25-24?. The molecule has 1 fully saturated rings. The highest BCUT2D eigenvalue weighted by Crippen LogP contribution is 2.26. The SMILES string of the molecule is COc1ccc(N=C(OC/C=C\CC2CCCCC2)c2ccccc2)cc1. The van der Waals surface area contributed by atoms with Crippen LogP contribution in [0.1, 0.15) is 44.1 Å². The molecular formula is C24H29NO2. The van der Waals surface area contributed by atoms with E-state index in [9.17, 15) is 0 Å². The van der Waals surface area contributed by atoms with Crippen molar-refractivity contribution < 1.29 is 9.47 Å². The Kier molecular flexibility index (Phi) is 7.52. The highest BCUT2D eigenvalue weighted by Gasteiger charge is 2.11. The highest BCUT2D eigenvalue weighted by molar-refractivity contribution is 5.95. The van der Waals surface area contributed by atoms with Gasteiger partial charge in [0.1, 0.15) is 12.4 Å². The molecule has 0 unspecified atom stereocenters. The van der Waals surface area contributed by atoms with Crippen LogP contribution in [0.25, 0.3) is 0 Å². The van der Waals surface area contributed by atoms with Gasteiger partial charge in [-0.3, -0.25) is 0 Å². The Morgan fingerprint density at radius 1 is 0.963 bits per heavy atom. The van der Waals surface area contributed by atoms with E-state index in [0.717, 1.165) is 22.9 Å². The summed E-state index contributed by atoms with van der Waals surface area (Å²) in [5.41, 5.74) is 1.83. The van der Waals surface area contributed by atoms with Crippen LogP contribution in [0.4, 0.5) is 5.69 Å². The molecule has 2 aromatic carbocycles. The van der Waals surface area contributed by atoms with Crippen LogP contribution in [0.15, 0.2) is 71.7 Å². The van der Waals surface area contributed by atoms with Gasteiger partial charge in [0, 0.05) is 5.56 Å². The number of methoxy groups -OCH3 is 1. The number of hydrogen-bond donors (Lipinski definition) is 0. The van der Waals surface area contributed by atoms with E-state index in [1.807, 2.05) is 54.6 Å². The zero-order valence-electron chi connectivity index (χ0n) is 16.1. The van der Waals surface area contributed by atoms with E-state index in [2.05, 4.69) is 12.2 Å². The van der Waals surface area contributed by atoms with Crippen molar-refractivity contribution in [2.45, 2.75) is 38.5 Å².